The summed E-state index contributed by atoms with van der Waals surface area (Å²) >= 11 is 3.49. The van der Waals surface area contributed by atoms with Crippen molar-refractivity contribution in [3.8, 4) is 11.3 Å². The van der Waals surface area contributed by atoms with Crippen molar-refractivity contribution >= 4 is 15.9 Å². The van der Waals surface area contributed by atoms with Gasteiger partial charge in [-0.3, -0.25) is 4.98 Å². The number of aromatic nitrogens is 1. The molecule has 0 spiro atoms. The zero-order chi connectivity index (χ0) is 17.5. The van der Waals surface area contributed by atoms with Gasteiger partial charge in [0, 0.05) is 16.2 Å². The molecule has 1 aromatic carbocycles. The Labute approximate surface area is 161 Å². The molecule has 0 bridgehead atoms. The fraction of sp³-hybridized carbons (Fsp3) is 0.522. The molecule has 0 aliphatic heterocycles. The van der Waals surface area contributed by atoms with Crippen LogP contribution in [0.4, 0.5) is 0 Å². The summed E-state index contributed by atoms with van der Waals surface area (Å²) in [4.78, 5) is 4.73. The molecule has 2 aromatic rings. The zero-order valence-electron chi connectivity index (χ0n) is 15.4. The molecule has 0 N–H and O–H groups in total. The molecule has 1 aliphatic rings. The van der Waals surface area contributed by atoms with Crippen molar-refractivity contribution in [3.05, 3.63) is 52.6 Å². The first-order valence-corrected chi connectivity index (χ1v) is 10.8. The van der Waals surface area contributed by atoms with E-state index >= 15 is 0 Å². The van der Waals surface area contributed by atoms with Crippen LogP contribution >= 0.6 is 15.9 Å². The van der Waals surface area contributed by atoms with E-state index in [4.69, 9.17) is 4.98 Å². The molecule has 134 valence electrons. The van der Waals surface area contributed by atoms with Gasteiger partial charge in [0.2, 0.25) is 0 Å². The van der Waals surface area contributed by atoms with Crippen molar-refractivity contribution in [2.24, 2.45) is 5.92 Å². The number of rotatable bonds is 7. The van der Waals surface area contributed by atoms with Crippen LogP contribution in [-0.2, 0) is 0 Å². The van der Waals surface area contributed by atoms with Crippen LogP contribution in [0.5, 0.6) is 0 Å². The van der Waals surface area contributed by atoms with E-state index in [1.807, 2.05) is 0 Å². The first-order valence-electron chi connectivity index (χ1n) is 9.98. The topological polar surface area (TPSA) is 12.9 Å². The number of pyridine rings is 1. The number of hydrogen-bond acceptors (Lipinski definition) is 1. The van der Waals surface area contributed by atoms with E-state index in [9.17, 15) is 0 Å². The summed E-state index contributed by atoms with van der Waals surface area (Å²) in [6.07, 6.45) is 14.7. The first kappa shape index (κ1) is 18.6. The summed E-state index contributed by atoms with van der Waals surface area (Å²) in [6.45, 7) is 2.29. The highest BCUT2D eigenvalue weighted by Crippen LogP contribution is 2.37. The third-order valence-corrected chi connectivity index (χ3v) is 6.24. The van der Waals surface area contributed by atoms with Crippen molar-refractivity contribution in [2.45, 2.75) is 70.6 Å². The van der Waals surface area contributed by atoms with Crippen molar-refractivity contribution in [1.82, 2.24) is 4.98 Å². The molecule has 1 aliphatic carbocycles. The minimum Gasteiger partial charge on any atom is -0.256 e. The molecular weight excluding hydrogens is 370 g/mol. The third kappa shape index (κ3) is 5.41. The van der Waals surface area contributed by atoms with Gasteiger partial charge < -0.3 is 0 Å². The molecule has 1 saturated carbocycles. The van der Waals surface area contributed by atoms with Gasteiger partial charge in [0.15, 0.2) is 0 Å². The smallest absolute Gasteiger partial charge is 0.0702 e. The summed E-state index contributed by atoms with van der Waals surface area (Å²) in [6, 6.07) is 12.9. The van der Waals surface area contributed by atoms with Crippen molar-refractivity contribution in [1.29, 1.82) is 0 Å². The summed E-state index contributed by atoms with van der Waals surface area (Å²) in [5.41, 5.74) is 3.69. The third-order valence-electron chi connectivity index (χ3n) is 5.71. The summed E-state index contributed by atoms with van der Waals surface area (Å²) in [7, 11) is 0. The summed E-state index contributed by atoms with van der Waals surface area (Å²) < 4.78 is 1.11. The molecule has 1 fully saturated rings. The maximum absolute atomic E-state index is 4.73. The van der Waals surface area contributed by atoms with Crippen LogP contribution in [0.25, 0.3) is 11.3 Å². The lowest BCUT2D eigenvalue weighted by atomic mass is 9.77. The molecule has 2 heteroatoms. The minimum absolute atomic E-state index is 0.721. The van der Waals surface area contributed by atoms with E-state index in [0.717, 1.165) is 22.0 Å². The van der Waals surface area contributed by atoms with Crippen LogP contribution in [0, 0.1) is 5.92 Å². The van der Waals surface area contributed by atoms with Crippen LogP contribution in [-0.4, -0.2) is 4.98 Å². The van der Waals surface area contributed by atoms with Gasteiger partial charge >= 0.3 is 0 Å². The van der Waals surface area contributed by atoms with Crippen molar-refractivity contribution < 1.29 is 0 Å². The molecule has 1 aromatic heterocycles. The molecule has 1 heterocycles. The Balaban J connectivity index is 1.51. The lowest BCUT2D eigenvalue weighted by Crippen LogP contribution is -2.13. The molecule has 0 saturated heterocycles. The Morgan fingerprint density at radius 2 is 1.68 bits per heavy atom. The Morgan fingerprint density at radius 1 is 0.920 bits per heavy atom. The highest BCUT2D eigenvalue weighted by molar-refractivity contribution is 9.10. The normalized spacial score (nSPS) is 20.6. The highest BCUT2D eigenvalue weighted by atomic mass is 79.9. The van der Waals surface area contributed by atoms with Gasteiger partial charge in [-0.25, -0.2) is 0 Å². The second-order valence-electron chi connectivity index (χ2n) is 7.55. The van der Waals surface area contributed by atoms with Crippen LogP contribution in [0.15, 0.2) is 47.1 Å². The van der Waals surface area contributed by atoms with Crippen LogP contribution in [0.3, 0.4) is 0 Å². The van der Waals surface area contributed by atoms with E-state index in [1.54, 1.807) is 0 Å². The maximum Gasteiger partial charge on any atom is 0.0702 e. The Kier molecular flexibility index (Phi) is 7.10. The van der Waals surface area contributed by atoms with E-state index in [1.165, 1.54) is 68.9 Å². The molecular formula is C23H30BrN. The average Bonchev–Trinajstić information content (AvgIpc) is 2.67. The van der Waals surface area contributed by atoms with Gasteiger partial charge in [-0.2, -0.15) is 0 Å². The number of nitrogens with zero attached hydrogens (tertiary/aromatic N) is 1. The van der Waals surface area contributed by atoms with Crippen LogP contribution < -0.4 is 0 Å². The Morgan fingerprint density at radius 3 is 2.32 bits per heavy atom. The van der Waals surface area contributed by atoms with E-state index in [0.29, 0.717) is 0 Å². The van der Waals surface area contributed by atoms with Crippen molar-refractivity contribution in [3.63, 3.8) is 0 Å². The standard InChI is InChI=1S/C23H30BrN/c1-2-3-4-5-6-18-7-9-19(10-8-18)21-13-16-23(25-17-21)20-11-14-22(24)15-12-20/h11-19H,2-10H2,1H3. The fourth-order valence-electron chi connectivity index (χ4n) is 4.08. The average molecular weight is 400 g/mol. The molecule has 1 nitrogen and oxygen atoms in total. The summed E-state index contributed by atoms with van der Waals surface area (Å²) in [5.74, 6) is 1.70. The SMILES string of the molecule is CCCCCCC1CCC(c2ccc(-c3ccc(Br)cc3)nc2)CC1. The van der Waals surface area contributed by atoms with Crippen molar-refractivity contribution in [2.75, 3.05) is 0 Å². The van der Waals surface area contributed by atoms with E-state index < -0.39 is 0 Å². The van der Waals surface area contributed by atoms with Gasteiger partial charge in [-0.05, 0) is 61.3 Å². The number of hydrogen-bond donors (Lipinski definition) is 0. The molecule has 0 unspecified atom stereocenters. The van der Waals surface area contributed by atoms with Crippen LogP contribution in [0.2, 0.25) is 0 Å². The van der Waals surface area contributed by atoms with E-state index in [-0.39, 0.29) is 0 Å². The Hall–Kier alpha value is -1.15. The maximum atomic E-state index is 4.73. The van der Waals surface area contributed by atoms with Gasteiger partial charge in [-0.1, -0.05) is 73.2 Å². The number of halogens is 1. The predicted octanol–water partition coefficient (Wildman–Crippen LogP) is 7.76. The number of benzene rings is 1. The first-order chi connectivity index (χ1) is 12.3. The predicted molar refractivity (Wildman–Crippen MR) is 111 cm³/mol. The number of unbranched alkanes of at least 4 members (excludes halogenated alkanes) is 3. The molecule has 25 heavy (non-hydrogen) atoms. The molecule has 0 amide bonds. The van der Waals surface area contributed by atoms with Gasteiger partial charge in [-0.15, -0.1) is 0 Å². The second-order valence-corrected chi connectivity index (χ2v) is 8.47. The van der Waals surface area contributed by atoms with Gasteiger partial charge in [0.05, 0.1) is 5.69 Å². The largest absolute Gasteiger partial charge is 0.256 e. The lowest BCUT2D eigenvalue weighted by molar-refractivity contribution is 0.302. The van der Waals surface area contributed by atoms with Gasteiger partial charge in [0.1, 0.15) is 0 Å². The lowest BCUT2D eigenvalue weighted by Gasteiger charge is -2.28. The zero-order valence-corrected chi connectivity index (χ0v) is 17.0. The summed E-state index contributed by atoms with van der Waals surface area (Å²) in [5, 5.41) is 0. The molecule has 3 rings (SSSR count). The second kappa shape index (κ2) is 9.52. The quantitative estimate of drug-likeness (QED) is 0.433. The highest BCUT2D eigenvalue weighted by Gasteiger charge is 2.22. The van der Waals surface area contributed by atoms with Gasteiger partial charge in [0.25, 0.3) is 0 Å². The monoisotopic (exact) mass is 399 g/mol. The fourth-order valence-corrected chi connectivity index (χ4v) is 4.35. The molecule has 0 atom stereocenters. The minimum atomic E-state index is 0.721. The van der Waals surface area contributed by atoms with Crippen LogP contribution in [0.1, 0.15) is 76.2 Å². The Bertz CT molecular complexity index is 624. The van der Waals surface area contributed by atoms with E-state index in [2.05, 4.69) is 65.4 Å². The molecule has 0 radical (unpaired) electrons.